The van der Waals surface area contributed by atoms with Crippen LogP contribution in [0.25, 0.3) is 0 Å². The van der Waals surface area contributed by atoms with Crippen LogP contribution in [-0.2, 0) is 4.79 Å². The fourth-order valence-electron chi connectivity index (χ4n) is 5.19. The number of aromatic nitrogens is 1. The number of carbonyl (C=O) groups is 2. The average Bonchev–Trinajstić information content (AvgIpc) is 3.19. The third-order valence-corrected chi connectivity index (χ3v) is 7.53. The van der Waals surface area contributed by atoms with Crippen molar-refractivity contribution in [3.05, 3.63) is 87.8 Å². The topological polar surface area (TPSA) is 89.9 Å². The highest BCUT2D eigenvalue weighted by atomic mass is 19.4. The molecule has 1 N–H and O–H groups in total. The van der Waals surface area contributed by atoms with Crippen LogP contribution in [0.3, 0.4) is 0 Å². The summed E-state index contributed by atoms with van der Waals surface area (Å²) >= 11 is 0. The van der Waals surface area contributed by atoms with Gasteiger partial charge in [0, 0.05) is 30.3 Å². The van der Waals surface area contributed by atoms with Gasteiger partial charge in [-0.15, -0.1) is 13.2 Å². The minimum atomic E-state index is -4.86. The molecular weight excluding hydrogens is 527 g/mol. The molecule has 2 amide bonds. The van der Waals surface area contributed by atoms with Crippen LogP contribution in [0, 0.1) is 6.92 Å². The number of hydrogen-bond acceptors (Lipinski definition) is 5. The van der Waals surface area contributed by atoms with Gasteiger partial charge in [-0.3, -0.25) is 14.4 Å². The Kier molecular flexibility index (Phi) is 7.31. The van der Waals surface area contributed by atoms with E-state index in [0.717, 1.165) is 37.0 Å². The molecule has 1 aliphatic heterocycles. The lowest BCUT2D eigenvalue weighted by Crippen LogP contribution is -2.45. The van der Waals surface area contributed by atoms with Crippen molar-refractivity contribution in [3.63, 3.8) is 0 Å². The van der Waals surface area contributed by atoms with E-state index >= 15 is 0 Å². The van der Waals surface area contributed by atoms with E-state index in [-0.39, 0.29) is 29.4 Å². The lowest BCUT2D eigenvalue weighted by atomic mass is 9.92. The van der Waals surface area contributed by atoms with Gasteiger partial charge in [-0.2, -0.15) is 0 Å². The fourth-order valence-corrected chi connectivity index (χ4v) is 5.19. The van der Waals surface area contributed by atoms with Crippen molar-refractivity contribution in [1.29, 1.82) is 0 Å². The van der Waals surface area contributed by atoms with E-state index in [1.807, 2.05) is 6.07 Å². The van der Waals surface area contributed by atoms with Crippen LogP contribution in [0.2, 0.25) is 0 Å². The molecule has 1 unspecified atom stereocenters. The molecule has 2 heterocycles. The van der Waals surface area contributed by atoms with Crippen molar-refractivity contribution in [1.82, 2.24) is 9.88 Å². The Labute approximate surface area is 228 Å². The molecule has 3 aromatic rings. The largest absolute Gasteiger partial charge is 0.573 e. The number of halogens is 3. The predicted octanol–water partition coefficient (Wildman–Crippen LogP) is 4.72. The Morgan fingerprint density at radius 1 is 0.975 bits per heavy atom. The van der Waals surface area contributed by atoms with Gasteiger partial charge in [0.05, 0.1) is 7.11 Å². The number of nitrogens with one attached hydrogen (secondary N) is 1. The van der Waals surface area contributed by atoms with Gasteiger partial charge in [0.1, 0.15) is 23.2 Å². The van der Waals surface area contributed by atoms with Gasteiger partial charge in [0.2, 0.25) is 5.91 Å². The van der Waals surface area contributed by atoms with Crippen molar-refractivity contribution in [2.24, 2.45) is 0 Å². The Morgan fingerprint density at radius 2 is 1.62 bits per heavy atom. The summed E-state index contributed by atoms with van der Waals surface area (Å²) in [5.41, 5.74) is 1.48. The van der Waals surface area contributed by atoms with Crippen LogP contribution in [0.5, 0.6) is 11.5 Å². The lowest BCUT2D eigenvalue weighted by Gasteiger charge is -2.29. The van der Waals surface area contributed by atoms with E-state index in [4.69, 9.17) is 4.74 Å². The summed E-state index contributed by atoms with van der Waals surface area (Å²) in [7, 11) is 1.54. The van der Waals surface area contributed by atoms with Crippen molar-refractivity contribution in [3.8, 4) is 11.5 Å². The van der Waals surface area contributed by atoms with Crippen molar-refractivity contribution in [2.75, 3.05) is 18.6 Å². The number of hydrogen-bond donors (Lipinski definition) is 1. The quantitative estimate of drug-likeness (QED) is 0.456. The number of ether oxygens (including phenoxy) is 2. The monoisotopic (exact) mass is 555 g/mol. The molecule has 0 radical (unpaired) electrons. The zero-order valence-corrected chi connectivity index (χ0v) is 21.9. The highest BCUT2D eigenvalue weighted by Crippen LogP contribution is 2.35. The first-order chi connectivity index (χ1) is 19.1. The molecule has 5 rings (SSSR count). The first kappa shape index (κ1) is 27.3. The maximum atomic E-state index is 13.9. The number of carbonyl (C=O) groups excluding carboxylic acids is 2. The van der Waals surface area contributed by atoms with E-state index in [9.17, 15) is 27.6 Å². The number of nitrogens with zero attached hydrogens (tertiary/aromatic N) is 2. The first-order valence-corrected chi connectivity index (χ1v) is 12.9. The number of anilines is 1. The molecule has 2 fully saturated rings. The Balaban J connectivity index is 1.46. The van der Waals surface area contributed by atoms with Crippen LogP contribution in [0.15, 0.2) is 65.6 Å². The van der Waals surface area contributed by atoms with Crippen LogP contribution < -0.4 is 25.2 Å². The van der Waals surface area contributed by atoms with Crippen molar-refractivity contribution in [2.45, 2.75) is 50.6 Å². The van der Waals surface area contributed by atoms with Crippen LogP contribution in [-0.4, -0.2) is 42.4 Å². The van der Waals surface area contributed by atoms with Crippen molar-refractivity contribution < 1.29 is 32.2 Å². The number of amides is 2. The first-order valence-electron chi connectivity index (χ1n) is 12.9. The highest BCUT2D eigenvalue weighted by Gasteiger charge is 2.44. The highest BCUT2D eigenvalue weighted by molar-refractivity contribution is 6.05. The lowest BCUT2D eigenvalue weighted by molar-refractivity contribution is -0.274. The molecule has 1 aromatic heterocycles. The molecule has 0 bridgehead atoms. The second-order valence-corrected chi connectivity index (χ2v) is 10.00. The summed E-state index contributed by atoms with van der Waals surface area (Å²) in [5, 5.41) is 2.75. The standard InChI is InChI=1S/C29H28F3N3O5/c1-17-14-15-34(20-4-3-5-20)28(38)25(17)35-16-23(18-6-10-21(39-2)11-7-18)24(27(35)37)33-26(36)19-8-12-22(13-9-19)40-29(30,31)32/h6-15,20,23-24H,3-5,16H2,1-2H3,(H,33,36)/t23-,24?/m0/s1. The second-order valence-electron chi connectivity index (χ2n) is 10.00. The molecule has 11 heteroatoms. The van der Waals surface area contributed by atoms with Crippen molar-refractivity contribution >= 4 is 17.5 Å². The van der Waals surface area contributed by atoms with Gasteiger partial charge < -0.3 is 24.3 Å². The van der Waals surface area contributed by atoms with Gasteiger partial charge in [-0.05, 0) is 79.8 Å². The Bertz CT molecular complexity index is 1460. The molecule has 8 nitrogen and oxygen atoms in total. The number of alkyl halides is 3. The molecule has 210 valence electrons. The summed E-state index contributed by atoms with van der Waals surface area (Å²) in [6.45, 7) is 1.92. The van der Waals surface area contributed by atoms with E-state index < -0.39 is 35.9 Å². The zero-order valence-electron chi connectivity index (χ0n) is 21.9. The minimum absolute atomic E-state index is 0.0532. The van der Waals surface area contributed by atoms with E-state index in [1.54, 1.807) is 42.0 Å². The Hall–Kier alpha value is -4.28. The molecule has 2 aliphatic rings. The van der Waals surface area contributed by atoms with Crippen LogP contribution in [0.1, 0.15) is 52.7 Å². The molecule has 40 heavy (non-hydrogen) atoms. The smallest absolute Gasteiger partial charge is 0.497 e. The zero-order chi connectivity index (χ0) is 28.6. The number of benzene rings is 2. The maximum Gasteiger partial charge on any atom is 0.573 e. The van der Waals surface area contributed by atoms with Crippen LogP contribution in [0.4, 0.5) is 18.9 Å². The summed E-state index contributed by atoms with van der Waals surface area (Å²) in [4.78, 5) is 42.0. The third-order valence-electron chi connectivity index (χ3n) is 7.53. The molecule has 2 atom stereocenters. The minimum Gasteiger partial charge on any atom is -0.497 e. The summed E-state index contributed by atoms with van der Waals surface area (Å²) < 4.78 is 48.3. The summed E-state index contributed by atoms with van der Waals surface area (Å²) in [6, 6.07) is 12.4. The normalized spacial score (nSPS) is 19.3. The average molecular weight is 556 g/mol. The van der Waals surface area contributed by atoms with Gasteiger partial charge in [-0.1, -0.05) is 12.1 Å². The number of pyridine rings is 1. The molecular formula is C29H28F3N3O5. The Morgan fingerprint density at radius 3 is 2.20 bits per heavy atom. The van der Waals surface area contributed by atoms with Gasteiger partial charge in [0.25, 0.3) is 11.5 Å². The van der Waals surface area contributed by atoms with Gasteiger partial charge in [0.15, 0.2) is 0 Å². The van der Waals surface area contributed by atoms with E-state index in [0.29, 0.717) is 11.3 Å². The molecule has 1 saturated carbocycles. The van der Waals surface area contributed by atoms with Gasteiger partial charge in [-0.25, -0.2) is 0 Å². The number of rotatable bonds is 7. The maximum absolute atomic E-state index is 13.9. The van der Waals surface area contributed by atoms with E-state index in [2.05, 4.69) is 10.1 Å². The molecule has 2 aromatic carbocycles. The number of aryl methyl sites for hydroxylation is 1. The molecule has 1 saturated heterocycles. The van der Waals surface area contributed by atoms with Crippen LogP contribution >= 0.6 is 0 Å². The third kappa shape index (κ3) is 5.41. The van der Waals surface area contributed by atoms with Gasteiger partial charge >= 0.3 is 6.36 Å². The summed E-state index contributed by atoms with van der Waals surface area (Å²) in [6.07, 6.45) is -0.258. The SMILES string of the molecule is COc1ccc([C@@H]2CN(c3c(C)ccn(C4CCC4)c3=O)C(=O)C2NC(=O)c2ccc(OC(F)(F)F)cc2)cc1. The predicted molar refractivity (Wildman–Crippen MR) is 141 cm³/mol. The summed E-state index contributed by atoms with van der Waals surface area (Å²) in [5.74, 6) is -1.45. The molecule has 1 aliphatic carbocycles. The second kappa shape index (κ2) is 10.7. The van der Waals surface area contributed by atoms with E-state index in [1.165, 1.54) is 24.1 Å². The fraction of sp³-hybridized carbons (Fsp3) is 0.345. The number of methoxy groups -OCH3 is 1. The molecule has 0 spiro atoms.